The number of likely N-dealkylation sites (tertiary alicyclic amines) is 1. The Labute approximate surface area is 140 Å². The monoisotopic (exact) mass is 315 g/mol. The van der Waals surface area contributed by atoms with Gasteiger partial charge in [-0.25, -0.2) is 0 Å². The standard InChI is InChI=1S/C20H17N3O/c21-11-14-4-3-5-15(10-14)20(24)23-9-8-16(13-23)18-12-22-19-7-2-1-6-17(18)19/h1-7,10,12,16,22H,8-9,13H2. The maximum atomic E-state index is 12.7. The molecule has 118 valence electrons. The van der Waals surface area contributed by atoms with Crippen LogP contribution in [-0.2, 0) is 0 Å². The largest absolute Gasteiger partial charge is 0.361 e. The molecule has 1 saturated heterocycles. The van der Waals surface area contributed by atoms with Gasteiger partial charge in [0.2, 0.25) is 0 Å². The van der Waals surface area contributed by atoms with Gasteiger partial charge >= 0.3 is 0 Å². The Bertz CT molecular complexity index is 951. The number of hydrogen-bond donors (Lipinski definition) is 1. The molecule has 2 heterocycles. The molecule has 4 heteroatoms. The third-order valence-corrected chi connectivity index (χ3v) is 4.78. The highest BCUT2D eigenvalue weighted by atomic mass is 16.2. The second-order valence-corrected chi connectivity index (χ2v) is 6.22. The number of nitriles is 1. The van der Waals surface area contributed by atoms with Gasteiger partial charge < -0.3 is 9.88 Å². The molecule has 0 saturated carbocycles. The number of benzene rings is 2. The maximum Gasteiger partial charge on any atom is 0.253 e. The van der Waals surface area contributed by atoms with Crippen LogP contribution < -0.4 is 0 Å². The average molecular weight is 315 g/mol. The quantitative estimate of drug-likeness (QED) is 0.784. The SMILES string of the molecule is N#Cc1cccc(C(=O)N2CCC(c3c[nH]c4ccccc34)C2)c1. The van der Waals surface area contributed by atoms with E-state index in [2.05, 4.69) is 29.4 Å². The first-order valence-corrected chi connectivity index (χ1v) is 8.12. The van der Waals surface area contributed by atoms with Crippen molar-refractivity contribution in [3.8, 4) is 6.07 Å². The number of amides is 1. The highest BCUT2D eigenvalue weighted by molar-refractivity contribution is 5.95. The number of hydrogen-bond acceptors (Lipinski definition) is 2. The summed E-state index contributed by atoms with van der Waals surface area (Å²) in [4.78, 5) is 17.9. The van der Waals surface area contributed by atoms with Crippen molar-refractivity contribution in [3.63, 3.8) is 0 Å². The Balaban J connectivity index is 1.56. The second kappa shape index (κ2) is 5.86. The highest BCUT2D eigenvalue weighted by Crippen LogP contribution is 2.33. The van der Waals surface area contributed by atoms with E-state index < -0.39 is 0 Å². The number of para-hydroxylation sites is 1. The van der Waals surface area contributed by atoms with Crippen molar-refractivity contribution in [3.05, 3.63) is 71.4 Å². The molecular weight excluding hydrogens is 298 g/mol. The number of aromatic amines is 1. The predicted octanol–water partition coefficient (Wildman–Crippen LogP) is 3.67. The lowest BCUT2D eigenvalue weighted by molar-refractivity contribution is 0.0791. The minimum Gasteiger partial charge on any atom is -0.361 e. The first-order valence-electron chi connectivity index (χ1n) is 8.12. The maximum absolute atomic E-state index is 12.7. The highest BCUT2D eigenvalue weighted by Gasteiger charge is 2.29. The van der Waals surface area contributed by atoms with Crippen molar-refractivity contribution < 1.29 is 4.79 Å². The van der Waals surface area contributed by atoms with Crippen LogP contribution in [0.4, 0.5) is 0 Å². The molecule has 2 aromatic carbocycles. The van der Waals surface area contributed by atoms with Gasteiger partial charge in [0.05, 0.1) is 11.6 Å². The van der Waals surface area contributed by atoms with Gasteiger partial charge in [-0.15, -0.1) is 0 Å². The van der Waals surface area contributed by atoms with Crippen molar-refractivity contribution in [2.24, 2.45) is 0 Å². The molecule has 1 aliphatic heterocycles. The van der Waals surface area contributed by atoms with Crippen LogP contribution in [-0.4, -0.2) is 28.9 Å². The molecule has 1 unspecified atom stereocenters. The number of carbonyl (C=O) groups excluding carboxylic acids is 1. The Morgan fingerprint density at radius 1 is 1.21 bits per heavy atom. The number of rotatable bonds is 2. The molecule has 3 aromatic rings. The van der Waals surface area contributed by atoms with Gasteiger partial charge in [-0.2, -0.15) is 5.26 Å². The molecule has 24 heavy (non-hydrogen) atoms. The van der Waals surface area contributed by atoms with E-state index >= 15 is 0 Å². The summed E-state index contributed by atoms with van der Waals surface area (Å²) in [5, 5.41) is 10.2. The van der Waals surface area contributed by atoms with Crippen LogP contribution in [0.25, 0.3) is 10.9 Å². The molecule has 1 N–H and O–H groups in total. The summed E-state index contributed by atoms with van der Waals surface area (Å²) < 4.78 is 0. The molecule has 1 fully saturated rings. The molecule has 0 radical (unpaired) electrons. The molecule has 4 rings (SSSR count). The van der Waals surface area contributed by atoms with E-state index in [-0.39, 0.29) is 5.91 Å². The fraction of sp³-hybridized carbons (Fsp3) is 0.200. The lowest BCUT2D eigenvalue weighted by Crippen LogP contribution is -2.28. The summed E-state index contributed by atoms with van der Waals surface area (Å²) >= 11 is 0. The van der Waals surface area contributed by atoms with Crippen LogP contribution in [0.1, 0.15) is 33.8 Å². The van der Waals surface area contributed by atoms with E-state index in [1.807, 2.05) is 17.0 Å². The zero-order valence-corrected chi connectivity index (χ0v) is 13.2. The Morgan fingerprint density at radius 3 is 2.96 bits per heavy atom. The van der Waals surface area contributed by atoms with Crippen LogP contribution in [0, 0.1) is 11.3 Å². The second-order valence-electron chi connectivity index (χ2n) is 6.22. The Kier molecular flexibility index (Phi) is 3.55. The van der Waals surface area contributed by atoms with E-state index in [1.54, 1.807) is 24.3 Å². The number of carbonyl (C=O) groups is 1. The molecule has 1 aromatic heterocycles. The van der Waals surface area contributed by atoms with E-state index in [0.717, 1.165) is 25.0 Å². The number of nitrogens with zero attached hydrogens (tertiary/aromatic N) is 2. The van der Waals surface area contributed by atoms with Crippen LogP contribution in [0.2, 0.25) is 0 Å². The fourth-order valence-corrected chi connectivity index (χ4v) is 3.53. The van der Waals surface area contributed by atoms with Crippen molar-refractivity contribution >= 4 is 16.8 Å². The molecule has 0 bridgehead atoms. The lowest BCUT2D eigenvalue weighted by Gasteiger charge is -2.16. The van der Waals surface area contributed by atoms with Gasteiger partial charge in [-0.05, 0) is 36.2 Å². The minimum absolute atomic E-state index is 0.00874. The minimum atomic E-state index is 0.00874. The number of H-pyrrole nitrogens is 1. The molecule has 1 atom stereocenters. The number of nitrogens with one attached hydrogen (secondary N) is 1. The van der Waals surface area contributed by atoms with Crippen molar-refractivity contribution in [1.82, 2.24) is 9.88 Å². The van der Waals surface area contributed by atoms with Crippen LogP contribution in [0.3, 0.4) is 0 Å². The average Bonchev–Trinajstić information content (AvgIpc) is 3.27. The summed E-state index contributed by atoms with van der Waals surface area (Å²) in [6.45, 7) is 1.47. The first kappa shape index (κ1) is 14.5. The van der Waals surface area contributed by atoms with E-state index in [0.29, 0.717) is 17.0 Å². The van der Waals surface area contributed by atoms with Gasteiger partial charge in [0, 0.05) is 41.7 Å². The lowest BCUT2D eigenvalue weighted by atomic mass is 9.98. The van der Waals surface area contributed by atoms with Crippen LogP contribution >= 0.6 is 0 Å². The predicted molar refractivity (Wildman–Crippen MR) is 92.7 cm³/mol. The molecule has 0 spiro atoms. The van der Waals surface area contributed by atoms with Gasteiger partial charge in [0.1, 0.15) is 0 Å². The fourth-order valence-electron chi connectivity index (χ4n) is 3.53. The first-order chi connectivity index (χ1) is 11.8. The third kappa shape index (κ3) is 2.44. The van der Waals surface area contributed by atoms with Gasteiger partial charge in [-0.1, -0.05) is 24.3 Å². The zero-order valence-electron chi connectivity index (χ0n) is 13.2. The van der Waals surface area contributed by atoms with Crippen LogP contribution in [0.5, 0.6) is 0 Å². The van der Waals surface area contributed by atoms with Crippen molar-refractivity contribution in [2.45, 2.75) is 12.3 Å². The Hall–Kier alpha value is -3.06. The summed E-state index contributed by atoms with van der Waals surface area (Å²) in [5.41, 5.74) is 3.53. The summed E-state index contributed by atoms with van der Waals surface area (Å²) in [5.74, 6) is 0.360. The summed E-state index contributed by atoms with van der Waals surface area (Å²) in [6.07, 6.45) is 3.03. The molecule has 4 nitrogen and oxygen atoms in total. The van der Waals surface area contributed by atoms with E-state index in [1.165, 1.54) is 10.9 Å². The van der Waals surface area contributed by atoms with Crippen molar-refractivity contribution in [2.75, 3.05) is 13.1 Å². The van der Waals surface area contributed by atoms with E-state index in [9.17, 15) is 4.79 Å². The smallest absolute Gasteiger partial charge is 0.253 e. The molecule has 1 aliphatic rings. The molecule has 1 amide bonds. The third-order valence-electron chi connectivity index (χ3n) is 4.78. The summed E-state index contributed by atoms with van der Waals surface area (Å²) in [7, 11) is 0. The molecule has 0 aliphatic carbocycles. The van der Waals surface area contributed by atoms with Crippen molar-refractivity contribution in [1.29, 1.82) is 5.26 Å². The van der Waals surface area contributed by atoms with Gasteiger partial charge in [0.25, 0.3) is 5.91 Å². The topological polar surface area (TPSA) is 59.9 Å². The number of aromatic nitrogens is 1. The van der Waals surface area contributed by atoms with Gasteiger partial charge in [0.15, 0.2) is 0 Å². The van der Waals surface area contributed by atoms with E-state index in [4.69, 9.17) is 5.26 Å². The molecular formula is C20H17N3O. The normalized spacial score (nSPS) is 17.1. The zero-order chi connectivity index (χ0) is 16.5. The number of fused-ring (bicyclic) bond motifs is 1. The van der Waals surface area contributed by atoms with Crippen LogP contribution in [0.15, 0.2) is 54.7 Å². The Morgan fingerprint density at radius 2 is 2.08 bits per heavy atom. The summed E-state index contributed by atoms with van der Waals surface area (Å²) in [6, 6.07) is 17.3. The van der Waals surface area contributed by atoms with Gasteiger partial charge in [-0.3, -0.25) is 4.79 Å².